The second kappa shape index (κ2) is 12.9. The number of nitrogens with one attached hydrogen (secondary N) is 2. The van der Waals surface area contributed by atoms with Gasteiger partial charge in [0.25, 0.3) is 0 Å². The molecule has 7 heteroatoms. The van der Waals surface area contributed by atoms with Gasteiger partial charge in [-0.05, 0) is 54.4 Å². The summed E-state index contributed by atoms with van der Waals surface area (Å²) in [6, 6.07) is 14.0. The summed E-state index contributed by atoms with van der Waals surface area (Å²) in [5.41, 5.74) is 6.83. The summed E-state index contributed by atoms with van der Waals surface area (Å²) in [6.07, 6.45) is 0. The minimum Gasteiger partial charge on any atom is -0.315 e. The van der Waals surface area contributed by atoms with Gasteiger partial charge in [0.05, 0.1) is 11.4 Å². The zero-order valence-electron chi connectivity index (χ0n) is 26.8. The highest BCUT2D eigenvalue weighted by molar-refractivity contribution is 5.97. The molecule has 1 heterocycles. The Morgan fingerprint density at radius 2 is 1.51 bits per heavy atom. The molecule has 1 aromatic heterocycles. The molecule has 0 saturated heterocycles. The first-order valence-electron chi connectivity index (χ1n) is 14.7. The molecule has 3 rings (SSSR count). The lowest BCUT2D eigenvalue weighted by Crippen LogP contribution is -2.43. The van der Waals surface area contributed by atoms with E-state index in [9.17, 15) is 9.59 Å². The Morgan fingerprint density at radius 3 is 2.02 bits per heavy atom. The van der Waals surface area contributed by atoms with Gasteiger partial charge in [0.2, 0.25) is 5.91 Å². The number of urea groups is 1. The largest absolute Gasteiger partial charge is 0.322 e. The minimum absolute atomic E-state index is 0.0756. The maximum atomic E-state index is 13.7. The van der Waals surface area contributed by atoms with Gasteiger partial charge in [-0.2, -0.15) is 5.10 Å². The van der Waals surface area contributed by atoms with Crippen LogP contribution >= 0.6 is 0 Å². The van der Waals surface area contributed by atoms with Crippen molar-refractivity contribution in [1.29, 1.82) is 0 Å². The highest BCUT2D eigenvalue weighted by Gasteiger charge is 2.25. The monoisotopic (exact) mass is 559 g/mol. The van der Waals surface area contributed by atoms with Gasteiger partial charge in [-0.15, -0.1) is 0 Å². The van der Waals surface area contributed by atoms with Crippen LogP contribution in [-0.4, -0.2) is 39.7 Å². The first kappa shape index (κ1) is 31.9. The summed E-state index contributed by atoms with van der Waals surface area (Å²) in [5.74, 6) is 0.992. The third-order valence-corrected chi connectivity index (χ3v) is 7.14. The molecule has 3 amide bonds. The molecule has 0 aliphatic heterocycles. The fourth-order valence-corrected chi connectivity index (χ4v) is 4.96. The van der Waals surface area contributed by atoms with E-state index in [1.165, 1.54) is 0 Å². The summed E-state index contributed by atoms with van der Waals surface area (Å²) in [5, 5.41) is 11.1. The van der Waals surface area contributed by atoms with Crippen molar-refractivity contribution in [2.45, 2.75) is 93.4 Å². The molecule has 7 nitrogen and oxygen atoms in total. The van der Waals surface area contributed by atoms with Crippen LogP contribution in [0.15, 0.2) is 42.5 Å². The number of amides is 3. The predicted molar refractivity (Wildman–Crippen MR) is 170 cm³/mol. The van der Waals surface area contributed by atoms with Crippen molar-refractivity contribution in [2.24, 2.45) is 5.92 Å². The first-order valence-corrected chi connectivity index (χ1v) is 14.7. The molecule has 0 unspecified atom stereocenters. The zero-order valence-corrected chi connectivity index (χ0v) is 26.8. The molecular formula is C34H49N5O2. The van der Waals surface area contributed by atoms with E-state index >= 15 is 0 Å². The Morgan fingerprint density at radius 1 is 0.902 bits per heavy atom. The SMILES string of the molecule is Cc1ccc(-n2nc(C(C)(C)C)cc2NC(=O)CN(CC(C)C)C(=O)Nc2c(C(C)C)cccc2C(C)C)c(C)c1. The van der Waals surface area contributed by atoms with Gasteiger partial charge in [-0.1, -0.05) is 98.2 Å². The van der Waals surface area contributed by atoms with E-state index in [0.29, 0.717) is 12.4 Å². The highest BCUT2D eigenvalue weighted by Crippen LogP contribution is 2.33. The number of aryl methyl sites for hydroxylation is 2. The van der Waals surface area contributed by atoms with Crippen LogP contribution in [0.5, 0.6) is 0 Å². The number of rotatable bonds is 9. The van der Waals surface area contributed by atoms with Gasteiger partial charge in [-0.25, -0.2) is 9.48 Å². The van der Waals surface area contributed by atoms with E-state index in [4.69, 9.17) is 5.10 Å². The number of anilines is 2. The summed E-state index contributed by atoms with van der Waals surface area (Å²) >= 11 is 0. The quantitative estimate of drug-likeness (QED) is 0.278. The molecule has 41 heavy (non-hydrogen) atoms. The Bertz CT molecular complexity index is 1350. The van der Waals surface area contributed by atoms with E-state index in [-0.39, 0.29) is 41.7 Å². The lowest BCUT2D eigenvalue weighted by Gasteiger charge is -2.27. The van der Waals surface area contributed by atoms with Gasteiger partial charge in [0, 0.05) is 23.7 Å². The number of carbonyl (C=O) groups is 2. The van der Waals surface area contributed by atoms with Crippen molar-refractivity contribution in [3.05, 3.63) is 70.4 Å². The molecule has 3 aromatic rings. The number of aromatic nitrogens is 2. The van der Waals surface area contributed by atoms with Crippen molar-refractivity contribution in [2.75, 3.05) is 23.7 Å². The molecule has 222 valence electrons. The average molecular weight is 560 g/mol. The lowest BCUT2D eigenvalue weighted by molar-refractivity contribution is -0.116. The van der Waals surface area contributed by atoms with Crippen molar-refractivity contribution >= 4 is 23.4 Å². The highest BCUT2D eigenvalue weighted by atomic mass is 16.2. The van der Waals surface area contributed by atoms with E-state index in [1.54, 1.807) is 9.58 Å². The number of carbonyl (C=O) groups excluding carboxylic acids is 2. The van der Waals surface area contributed by atoms with E-state index in [2.05, 4.69) is 84.2 Å². The number of hydrogen-bond acceptors (Lipinski definition) is 3. The fourth-order valence-electron chi connectivity index (χ4n) is 4.96. The van der Waals surface area contributed by atoms with Crippen LogP contribution in [0.4, 0.5) is 16.3 Å². The maximum Gasteiger partial charge on any atom is 0.322 e. The van der Waals surface area contributed by atoms with E-state index in [0.717, 1.165) is 39.3 Å². The van der Waals surface area contributed by atoms with Crippen LogP contribution in [-0.2, 0) is 10.2 Å². The van der Waals surface area contributed by atoms with Crippen molar-refractivity contribution < 1.29 is 9.59 Å². The Labute approximate surface area is 246 Å². The van der Waals surface area contributed by atoms with Crippen LogP contribution in [0.1, 0.15) is 102 Å². The Balaban J connectivity index is 1.91. The Hall–Kier alpha value is -3.61. The van der Waals surface area contributed by atoms with Gasteiger partial charge >= 0.3 is 6.03 Å². The minimum atomic E-state index is -0.276. The molecule has 0 bridgehead atoms. The van der Waals surface area contributed by atoms with Crippen LogP contribution in [0.2, 0.25) is 0 Å². The molecule has 0 fully saturated rings. The third kappa shape index (κ3) is 7.99. The van der Waals surface area contributed by atoms with Gasteiger partial charge in [0.15, 0.2) is 0 Å². The van der Waals surface area contributed by atoms with Gasteiger partial charge in [-0.3, -0.25) is 4.79 Å². The molecule has 0 aliphatic rings. The van der Waals surface area contributed by atoms with Crippen molar-refractivity contribution in [1.82, 2.24) is 14.7 Å². The molecule has 2 aromatic carbocycles. The number of para-hydroxylation sites is 1. The van der Waals surface area contributed by atoms with Crippen LogP contribution in [0, 0.1) is 19.8 Å². The zero-order chi connectivity index (χ0) is 30.6. The first-order chi connectivity index (χ1) is 19.1. The van der Waals surface area contributed by atoms with Crippen molar-refractivity contribution in [3.8, 4) is 5.69 Å². The third-order valence-electron chi connectivity index (χ3n) is 7.14. The second-order valence-corrected chi connectivity index (χ2v) is 13.2. The molecule has 0 radical (unpaired) electrons. The molecule has 0 atom stereocenters. The summed E-state index contributed by atoms with van der Waals surface area (Å²) in [7, 11) is 0. The van der Waals surface area contributed by atoms with Gasteiger partial charge < -0.3 is 15.5 Å². The summed E-state index contributed by atoms with van der Waals surface area (Å²) in [6.45, 7) is 23.4. The van der Waals surface area contributed by atoms with E-state index < -0.39 is 0 Å². The maximum absolute atomic E-state index is 13.7. The van der Waals surface area contributed by atoms with Gasteiger partial charge in [0.1, 0.15) is 12.4 Å². The fraction of sp³-hybridized carbons (Fsp3) is 0.500. The van der Waals surface area contributed by atoms with Crippen molar-refractivity contribution in [3.63, 3.8) is 0 Å². The van der Waals surface area contributed by atoms with Crippen LogP contribution in [0.25, 0.3) is 5.69 Å². The molecule has 2 N–H and O–H groups in total. The standard InChI is InChI=1S/C34H49N5O2/c1-21(2)19-38(33(41)36-32-26(22(3)4)13-12-14-27(32)23(5)6)20-31(40)35-30-18-29(34(9,10)11)37-39(30)28-16-15-24(7)17-25(28)8/h12-18,21-23H,19-20H2,1-11H3,(H,35,40)(H,36,41). The summed E-state index contributed by atoms with van der Waals surface area (Å²) < 4.78 is 1.80. The van der Waals surface area contributed by atoms with Crippen LogP contribution in [0.3, 0.4) is 0 Å². The number of nitrogens with zero attached hydrogens (tertiary/aromatic N) is 3. The smallest absolute Gasteiger partial charge is 0.315 e. The Kier molecular flexibility index (Phi) is 10.1. The normalized spacial score (nSPS) is 11.9. The number of hydrogen-bond donors (Lipinski definition) is 2. The number of benzene rings is 2. The molecule has 0 aliphatic carbocycles. The lowest BCUT2D eigenvalue weighted by atomic mass is 9.92. The summed E-state index contributed by atoms with van der Waals surface area (Å²) in [4.78, 5) is 28.8. The predicted octanol–water partition coefficient (Wildman–Crippen LogP) is 8.16. The molecule has 0 saturated carbocycles. The second-order valence-electron chi connectivity index (χ2n) is 13.2. The average Bonchev–Trinajstić information content (AvgIpc) is 3.27. The van der Waals surface area contributed by atoms with E-state index in [1.807, 2.05) is 45.0 Å². The topological polar surface area (TPSA) is 79.3 Å². The van der Waals surface area contributed by atoms with Crippen LogP contribution < -0.4 is 10.6 Å². The molecular weight excluding hydrogens is 510 g/mol. The molecule has 0 spiro atoms.